The fraction of sp³-hybridized carbons (Fsp3) is 0.867. The highest BCUT2D eigenvalue weighted by Crippen LogP contribution is 2.50. The quantitative estimate of drug-likeness (QED) is 0.0812. The Labute approximate surface area is 229 Å². The summed E-state index contributed by atoms with van der Waals surface area (Å²) in [7, 11) is -8.68. The molecular formula is C15H26O17P4S2. The zero-order valence-electron chi connectivity index (χ0n) is 19.1. The number of carbonyl (C=O) groups is 2. The number of carbonyl (C=O) groups excluding carboxylic acids is 2. The van der Waals surface area contributed by atoms with E-state index in [0.29, 0.717) is 12.6 Å². The number of ether oxygens (including phenoxy) is 3. The molecule has 2 fully saturated rings. The van der Waals surface area contributed by atoms with Crippen LogP contribution in [0.15, 0.2) is 0 Å². The van der Waals surface area contributed by atoms with E-state index in [2.05, 4.69) is 37.0 Å². The van der Waals surface area contributed by atoms with Gasteiger partial charge < -0.3 is 58.5 Å². The summed E-state index contributed by atoms with van der Waals surface area (Å²) in [5.41, 5.74) is 0. The second-order valence-electron chi connectivity index (χ2n) is 7.25. The third-order valence-electron chi connectivity index (χ3n) is 4.81. The van der Waals surface area contributed by atoms with E-state index in [4.69, 9.17) is 28.9 Å². The molecule has 38 heavy (non-hydrogen) atoms. The molecule has 0 amide bonds. The highest BCUT2D eigenvalue weighted by atomic mass is 32.4. The number of aliphatic hydroxyl groups excluding tert-OH is 4. The number of hydrogen-bond acceptors (Lipinski definition) is 17. The standard InChI is InChI=1S/C8H14O8P2S.C7H12O9P2S/c9-1-2-14-18(12,13)4-5-6(3-10)15-8(7(5)11)16-17-19;8-1-2-13-7-5(10)6(4(3-9)14-7)15-18(11,12)16-17-19/h1,5-8,10-11H,2-4H2,(H,12,13);1,4-7,9-10H,2-3H2,(H,11,12)/t5?,6-,7?,8+;4-,5?,6?,7-/m11/s1. The Bertz CT molecular complexity index is 869. The molecule has 17 nitrogen and oxygen atoms in total. The van der Waals surface area contributed by atoms with Crippen molar-refractivity contribution in [1.82, 2.24) is 0 Å². The van der Waals surface area contributed by atoms with Crippen molar-refractivity contribution in [2.75, 3.05) is 32.6 Å². The first-order valence-electron chi connectivity index (χ1n) is 10.2. The van der Waals surface area contributed by atoms with Gasteiger partial charge in [-0.25, -0.2) is 8.88 Å². The molecule has 0 aromatic heterocycles. The minimum Gasteiger partial charge on any atom is -0.394 e. The van der Waals surface area contributed by atoms with Crippen molar-refractivity contribution in [3.8, 4) is 0 Å². The predicted octanol–water partition coefficient (Wildman–Crippen LogP) is -1.47. The number of aldehydes is 2. The van der Waals surface area contributed by atoms with Crippen LogP contribution in [0, 0.1) is 5.92 Å². The van der Waals surface area contributed by atoms with Gasteiger partial charge in [0.1, 0.15) is 65.4 Å². The van der Waals surface area contributed by atoms with E-state index < -0.39 is 90.4 Å². The molecule has 6 unspecified atom stereocenters. The van der Waals surface area contributed by atoms with Gasteiger partial charge in [-0.3, -0.25) is 13.6 Å². The van der Waals surface area contributed by atoms with Crippen LogP contribution < -0.4 is 0 Å². The molecule has 0 aromatic carbocycles. The van der Waals surface area contributed by atoms with E-state index in [0.717, 1.165) is 0 Å². The molecule has 2 aliphatic heterocycles. The number of rotatable bonds is 16. The SMILES string of the molecule is O=CCOP(=O)(O)CC1C(O)[C@H](OP=S)O[C@@H]1CO.O=CCO[C@@H]1O[C@H](CO)C(OP(=O)(O)OP=S)C1O. The minimum atomic E-state index is -4.47. The van der Waals surface area contributed by atoms with Crippen LogP contribution in [0.25, 0.3) is 0 Å². The van der Waals surface area contributed by atoms with Crippen molar-refractivity contribution >= 4 is 66.8 Å². The largest absolute Gasteiger partial charge is 0.481 e. The predicted molar refractivity (Wildman–Crippen MR) is 131 cm³/mol. The molecule has 2 saturated heterocycles. The summed E-state index contributed by atoms with van der Waals surface area (Å²) in [5, 5.41) is 37.9. The second-order valence-corrected chi connectivity index (χ2v) is 12.4. The third-order valence-corrected chi connectivity index (χ3v) is 9.00. The maximum absolute atomic E-state index is 11.7. The summed E-state index contributed by atoms with van der Waals surface area (Å²) in [6, 6.07) is 0. The first-order chi connectivity index (χ1) is 17.9. The maximum atomic E-state index is 11.7. The molecule has 2 aliphatic rings. The summed E-state index contributed by atoms with van der Waals surface area (Å²) in [6.45, 7) is -1.91. The van der Waals surface area contributed by atoms with E-state index in [1.165, 1.54) is 0 Å². The summed E-state index contributed by atoms with van der Waals surface area (Å²) in [4.78, 5) is 39.0. The highest BCUT2D eigenvalue weighted by molar-refractivity contribution is 7.96. The van der Waals surface area contributed by atoms with Crippen molar-refractivity contribution in [2.45, 2.75) is 43.1 Å². The first-order valence-corrected chi connectivity index (χ1v) is 17.2. The van der Waals surface area contributed by atoms with Crippen LogP contribution in [0.1, 0.15) is 0 Å². The lowest BCUT2D eigenvalue weighted by molar-refractivity contribution is -0.169. The van der Waals surface area contributed by atoms with Gasteiger partial charge in [0.15, 0.2) is 12.6 Å². The van der Waals surface area contributed by atoms with Crippen molar-refractivity contribution in [3.05, 3.63) is 0 Å². The average molecular weight is 666 g/mol. The molecular weight excluding hydrogens is 640 g/mol. The van der Waals surface area contributed by atoms with Gasteiger partial charge in [-0.15, -0.1) is 0 Å². The Morgan fingerprint density at radius 3 is 2.03 bits per heavy atom. The molecule has 0 radical (unpaired) electrons. The van der Waals surface area contributed by atoms with Crippen molar-refractivity contribution in [3.63, 3.8) is 0 Å². The lowest BCUT2D eigenvalue weighted by Crippen LogP contribution is -2.36. The number of hydrogen-bond donors (Lipinski definition) is 6. The van der Waals surface area contributed by atoms with Crippen LogP contribution in [0.3, 0.4) is 0 Å². The van der Waals surface area contributed by atoms with Gasteiger partial charge >= 0.3 is 15.4 Å². The molecule has 0 aromatic rings. The normalized spacial score (nSPS) is 34.3. The van der Waals surface area contributed by atoms with Crippen LogP contribution in [-0.4, -0.2) is 118 Å². The molecule has 0 aliphatic carbocycles. The highest BCUT2D eigenvalue weighted by Gasteiger charge is 2.49. The van der Waals surface area contributed by atoms with Crippen LogP contribution in [-0.2, 0) is 74.4 Å². The van der Waals surface area contributed by atoms with Gasteiger partial charge in [0.05, 0.1) is 25.5 Å². The zero-order chi connectivity index (χ0) is 28.9. The molecule has 6 N–H and O–H groups in total. The van der Waals surface area contributed by atoms with E-state index >= 15 is 0 Å². The minimum absolute atomic E-state index is 0.106. The van der Waals surface area contributed by atoms with Gasteiger partial charge in [0.25, 0.3) is 0 Å². The van der Waals surface area contributed by atoms with Crippen molar-refractivity contribution in [2.24, 2.45) is 5.92 Å². The topological polar surface area (TPSA) is 254 Å². The lowest BCUT2D eigenvalue weighted by Gasteiger charge is -2.20. The first kappa shape index (κ1) is 36.3. The molecule has 2 rings (SSSR count). The summed E-state index contributed by atoms with van der Waals surface area (Å²) in [6.07, 6.45) is -7.99. The monoisotopic (exact) mass is 666 g/mol. The Balaban J connectivity index is 0.000000380. The maximum Gasteiger partial charge on any atom is 0.481 e. The van der Waals surface area contributed by atoms with Crippen LogP contribution >= 0.6 is 30.6 Å². The molecule has 0 bridgehead atoms. The molecule has 220 valence electrons. The van der Waals surface area contributed by atoms with Crippen LogP contribution in [0.4, 0.5) is 0 Å². The zero-order valence-corrected chi connectivity index (χ0v) is 24.3. The van der Waals surface area contributed by atoms with E-state index in [1.807, 2.05) is 0 Å². The molecule has 23 heteroatoms. The Kier molecular flexibility index (Phi) is 17.2. The van der Waals surface area contributed by atoms with Crippen molar-refractivity contribution < 1.29 is 81.0 Å². The Morgan fingerprint density at radius 1 is 0.895 bits per heavy atom. The van der Waals surface area contributed by atoms with Gasteiger partial charge in [-0.2, -0.15) is 0 Å². The molecule has 2 heterocycles. The van der Waals surface area contributed by atoms with Crippen molar-refractivity contribution in [1.29, 1.82) is 0 Å². The van der Waals surface area contributed by atoms with E-state index in [9.17, 15) is 38.7 Å². The van der Waals surface area contributed by atoms with E-state index in [-0.39, 0.29) is 21.8 Å². The van der Waals surface area contributed by atoms with Gasteiger partial charge in [0.2, 0.25) is 0 Å². The Hall–Kier alpha value is 0.320. The third kappa shape index (κ3) is 11.7. The summed E-state index contributed by atoms with van der Waals surface area (Å²) >= 11 is 8.89. The fourth-order valence-corrected chi connectivity index (χ4v) is 6.96. The molecule has 0 saturated carbocycles. The average Bonchev–Trinajstić information content (AvgIpc) is 3.32. The second kappa shape index (κ2) is 18.0. The smallest absolute Gasteiger partial charge is 0.394 e. The number of phosphoric acid groups is 1. The van der Waals surface area contributed by atoms with E-state index in [1.54, 1.807) is 0 Å². The van der Waals surface area contributed by atoms with Gasteiger partial charge in [-0.1, -0.05) is 0 Å². The lowest BCUT2D eigenvalue weighted by atomic mass is 10.0. The number of phosphoric ester groups is 1. The van der Waals surface area contributed by atoms with Crippen LogP contribution in [0.5, 0.6) is 0 Å². The van der Waals surface area contributed by atoms with Crippen LogP contribution in [0.2, 0.25) is 0 Å². The summed E-state index contributed by atoms with van der Waals surface area (Å²) < 4.78 is 56.5. The number of aliphatic hydroxyl groups is 4. The Morgan fingerprint density at radius 2 is 1.50 bits per heavy atom. The van der Waals surface area contributed by atoms with Gasteiger partial charge in [-0.05, 0) is 23.6 Å². The fourth-order valence-electron chi connectivity index (χ4n) is 3.24. The molecule has 10 atom stereocenters. The molecule has 0 spiro atoms. The summed E-state index contributed by atoms with van der Waals surface area (Å²) in [5.74, 6) is -0.853. The van der Waals surface area contributed by atoms with Gasteiger partial charge in [0, 0.05) is 5.92 Å².